The summed E-state index contributed by atoms with van der Waals surface area (Å²) in [6.45, 7) is 2.40. The van der Waals surface area contributed by atoms with E-state index in [1.54, 1.807) is 6.33 Å². The number of hydrogen-bond acceptors (Lipinski definition) is 6. The molecule has 2 aromatic heterocycles. The van der Waals surface area contributed by atoms with Gasteiger partial charge in [0.25, 0.3) is 0 Å². The molecule has 0 spiro atoms. The van der Waals surface area contributed by atoms with Crippen molar-refractivity contribution < 1.29 is 9.53 Å². The molecule has 1 saturated heterocycles. The smallest absolute Gasteiger partial charge is 0.319 e. The van der Waals surface area contributed by atoms with E-state index < -0.39 is 0 Å². The van der Waals surface area contributed by atoms with E-state index in [1.807, 2.05) is 12.3 Å². The normalized spacial score (nSPS) is 26.7. The van der Waals surface area contributed by atoms with Crippen molar-refractivity contribution in [2.24, 2.45) is 11.8 Å². The monoisotopic (exact) mass is 329 g/mol. The molecule has 0 aromatic carbocycles. The van der Waals surface area contributed by atoms with E-state index in [2.05, 4.69) is 31.8 Å². The largest absolute Gasteiger partial charge is 0.468 e. The van der Waals surface area contributed by atoms with Gasteiger partial charge in [-0.15, -0.1) is 0 Å². The molecule has 7 heteroatoms. The van der Waals surface area contributed by atoms with Gasteiger partial charge in [-0.25, -0.2) is 9.97 Å². The van der Waals surface area contributed by atoms with Crippen LogP contribution in [0.3, 0.4) is 0 Å². The maximum atomic E-state index is 11.5. The van der Waals surface area contributed by atoms with Crippen molar-refractivity contribution in [3.8, 4) is 0 Å². The first kappa shape index (κ1) is 15.4. The number of carbonyl (C=O) groups is 1. The van der Waals surface area contributed by atoms with Crippen LogP contribution < -0.4 is 4.90 Å². The zero-order valence-corrected chi connectivity index (χ0v) is 14.1. The van der Waals surface area contributed by atoms with E-state index in [4.69, 9.17) is 4.74 Å². The Balaban J connectivity index is 1.43. The first-order chi connectivity index (χ1) is 11.7. The van der Waals surface area contributed by atoms with Gasteiger partial charge in [-0.05, 0) is 30.7 Å². The second-order valence-electron chi connectivity index (χ2n) is 6.96. The summed E-state index contributed by atoms with van der Waals surface area (Å²) in [4.78, 5) is 27.9. The highest BCUT2D eigenvalue weighted by atomic mass is 16.5. The minimum atomic E-state index is -0.139. The lowest BCUT2D eigenvalue weighted by molar-refractivity contribution is -0.141. The van der Waals surface area contributed by atoms with E-state index in [0.717, 1.165) is 42.8 Å². The molecule has 0 amide bonds. The van der Waals surface area contributed by atoms with Crippen molar-refractivity contribution in [2.75, 3.05) is 38.7 Å². The lowest BCUT2D eigenvalue weighted by atomic mass is 10.0. The topological polar surface area (TPSA) is 74.3 Å². The van der Waals surface area contributed by atoms with Crippen LogP contribution in [0.15, 0.2) is 18.6 Å². The van der Waals surface area contributed by atoms with Gasteiger partial charge in [0.2, 0.25) is 0 Å². The summed E-state index contributed by atoms with van der Waals surface area (Å²) < 4.78 is 4.78. The Bertz CT molecular complexity index is 731. The molecule has 4 rings (SSSR count). The number of H-pyrrole nitrogens is 1. The third-order valence-electron chi connectivity index (χ3n) is 5.60. The number of aromatic amines is 1. The van der Waals surface area contributed by atoms with E-state index >= 15 is 0 Å². The molecule has 2 unspecified atom stereocenters. The molecule has 0 radical (unpaired) electrons. The molecule has 2 atom stereocenters. The van der Waals surface area contributed by atoms with E-state index in [-0.39, 0.29) is 5.97 Å². The van der Waals surface area contributed by atoms with Gasteiger partial charge in [0, 0.05) is 32.4 Å². The van der Waals surface area contributed by atoms with E-state index in [1.165, 1.54) is 7.11 Å². The van der Waals surface area contributed by atoms with Crippen LogP contribution in [0, 0.1) is 11.8 Å². The highest BCUT2D eigenvalue weighted by Gasteiger charge is 2.42. The van der Waals surface area contributed by atoms with Crippen LogP contribution in [0.1, 0.15) is 12.8 Å². The Morgan fingerprint density at radius 2 is 2.12 bits per heavy atom. The van der Waals surface area contributed by atoms with Crippen LogP contribution in [-0.4, -0.2) is 65.7 Å². The number of methoxy groups -OCH3 is 1. The fourth-order valence-corrected chi connectivity index (χ4v) is 4.37. The van der Waals surface area contributed by atoms with Gasteiger partial charge in [0.15, 0.2) is 0 Å². The number of likely N-dealkylation sites (tertiary alicyclic amines) is 1. The lowest BCUT2D eigenvalue weighted by Gasteiger charge is -2.27. The van der Waals surface area contributed by atoms with Crippen molar-refractivity contribution in [1.29, 1.82) is 0 Å². The highest BCUT2D eigenvalue weighted by Crippen LogP contribution is 2.41. The summed E-state index contributed by atoms with van der Waals surface area (Å²) >= 11 is 0. The number of anilines is 1. The van der Waals surface area contributed by atoms with Gasteiger partial charge in [-0.3, -0.25) is 9.69 Å². The maximum Gasteiger partial charge on any atom is 0.319 e. The van der Waals surface area contributed by atoms with Crippen LogP contribution in [0.5, 0.6) is 0 Å². The fraction of sp³-hybridized carbons (Fsp3) is 0.588. The molecule has 7 nitrogen and oxygen atoms in total. The molecule has 24 heavy (non-hydrogen) atoms. The van der Waals surface area contributed by atoms with Crippen LogP contribution in [0.2, 0.25) is 0 Å². The van der Waals surface area contributed by atoms with E-state index in [0.29, 0.717) is 24.4 Å². The summed E-state index contributed by atoms with van der Waals surface area (Å²) in [5.41, 5.74) is 0.884. The molecule has 2 aliphatic rings. The van der Waals surface area contributed by atoms with E-state index in [9.17, 15) is 4.79 Å². The summed E-state index contributed by atoms with van der Waals surface area (Å²) in [5, 5.41) is 1.07. The van der Waals surface area contributed by atoms with Gasteiger partial charge in [0.1, 0.15) is 17.8 Å². The SMILES string of the molecule is COC(=O)CN1CC2CC(N(C)c3ncnc4[nH]ccc34)CC2C1. The number of hydrogen-bond donors (Lipinski definition) is 1. The number of aromatic nitrogens is 3. The van der Waals surface area contributed by atoms with Gasteiger partial charge >= 0.3 is 5.97 Å². The van der Waals surface area contributed by atoms with Crippen LogP contribution in [0.25, 0.3) is 11.0 Å². The summed E-state index contributed by atoms with van der Waals surface area (Å²) in [6.07, 6.45) is 5.83. The Morgan fingerprint density at radius 3 is 2.83 bits per heavy atom. The summed E-state index contributed by atoms with van der Waals surface area (Å²) in [7, 11) is 3.58. The second kappa shape index (κ2) is 6.05. The minimum absolute atomic E-state index is 0.139. The van der Waals surface area contributed by atoms with Gasteiger partial charge in [-0.1, -0.05) is 0 Å². The Hall–Kier alpha value is -2.15. The zero-order chi connectivity index (χ0) is 16.7. The average Bonchev–Trinajstić information content (AvgIpc) is 3.27. The van der Waals surface area contributed by atoms with Gasteiger partial charge in [0.05, 0.1) is 19.0 Å². The molecule has 2 aromatic rings. The summed E-state index contributed by atoms with van der Waals surface area (Å²) in [6, 6.07) is 2.53. The molecule has 2 fully saturated rings. The molecule has 1 N–H and O–H groups in total. The summed E-state index contributed by atoms with van der Waals surface area (Å²) in [5.74, 6) is 2.17. The predicted molar refractivity (Wildman–Crippen MR) is 90.7 cm³/mol. The van der Waals surface area contributed by atoms with Crippen molar-refractivity contribution in [2.45, 2.75) is 18.9 Å². The molecular formula is C17H23N5O2. The Morgan fingerprint density at radius 1 is 1.38 bits per heavy atom. The standard InChI is InChI=1S/C17H23N5O2/c1-21(17-14-3-4-18-16(14)19-10-20-17)13-5-11-7-22(8-12(11)6-13)9-15(23)24-2/h3-4,10-13H,5-9H2,1-2H3,(H,18,19,20). The van der Waals surface area contributed by atoms with Crippen molar-refractivity contribution in [3.63, 3.8) is 0 Å². The number of fused-ring (bicyclic) bond motifs is 2. The number of nitrogens with zero attached hydrogens (tertiary/aromatic N) is 4. The molecule has 128 valence electrons. The average molecular weight is 329 g/mol. The number of rotatable bonds is 4. The van der Waals surface area contributed by atoms with Crippen molar-refractivity contribution in [3.05, 3.63) is 18.6 Å². The van der Waals surface area contributed by atoms with Crippen molar-refractivity contribution in [1.82, 2.24) is 19.9 Å². The number of carbonyl (C=O) groups excluding carboxylic acids is 1. The van der Waals surface area contributed by atoms with Crippen LogP contribution in [0.4, 0.5) is 5.82 Å². The van der Waals surface area contributed by atoms with Crippen LogP contribution in [-0.2, 0) is 9.53 Å². The molecule has 1 aliphatic heterocycles. The molecule has 3 heterocycles. The zero-order valence-electron chi connectivity index (χ0n) is 14.1. The number of ether oxygens (including phenoxy) is 1. The lowest BCUT2D eigenvalue weighted by Crippen LogP contribution is -2.34. The number of nitrogens with one attached hydrogen (secondary N) is 1. The fourth-order valence-electron chi connectivity index (χ4n) is 4.37. The van der Waals surface area contributed by atoms with Crippen LogP contribution >= 0.6 is 0 Å². The first-order valence-corrected chi connectivity index (χ1v) is 8.45. The maximum absolute atomic E-state index is 11.5. The molecule has 0 bridgehead atoms. The Labute approximate surface area is 141 Å². The minimum Gasteiger partial charge on any atom is -0.468 e. The molecular weight excluding hydrogens is 306 g/mol. The molecule has 1 aliphatic carbocycles. The first-order valence-electron chi connectivity index (χ1n) is 8.45. The molecule has 1 saturated carbocycles. The van der Waals surface area contributed by atoms with Crippen molar-refractivity contribution >= 4 is 22.8 Å². The number of esters is 1. The Kier molecular flexibility index (Phi) is 3.88. The quantitative estimate of drug-likeness (QED) is 0.852. The third-order valence-corrected chi connectivity index (χ3v) is 5.60. The van der Waals surface area contributed by atoms with Gasteiger partial charge in [-0.2, -0.15) is 0 Å². The predicted octanol–water partition coefficient (Wildman–Crippen LogP) is 1.28. The second-order valence-corrected chi connectivity index (χ2v) is 6.96. The highest BCUT2D eigenvalue weighted by molar-refractivity contribution is 5.87. The third kappa shape index (κ3) is 2.62. The van der Waals surface area contributed by atoms with Gasteiger partial charge < -0.3 is 14.6 Å².